The number of aliphatic hydroxyl groups excluding tert-OH is 1. The van der Waals surface area contributed by atoms with Gasteiger partial charge < -0.3 is 16.2 Å². The maximum absolute atomic E-state index is 11.6. The molecule has 0 heterocycles. The second-order valence-electron chi connectivity index (χ2n) is 3.76. The Balaban J connectivity index is 2.50. The van der Waals surface area contributed by atoms with Crippen molar-refractivity contribution >= 4 is 11.6 Å². The van der Waals surface area contributed by atoms with E-state index in [1.54, 1.807) is 12.1 Å². The fourth-order valence-electron chi connectivity index (χ4n) is 1.32. The molecule has 0 spiro atoms. The monoisotopic (exact) mass is 222 g/mol. The molecule has 0 fully saturated rings. The molecular formula is C12H18N2O2. The number of nitrogen functional groups attached to an aromatic ring is 1. The van der Waals surface area contributed by atoms with E-state index in [-0.39, 0.29) is 12.5 Å². The van der Waals surface area contributed by atoms with E-state index in [0.717, 1.165) is 12.0 Å². The van der Waals surface area contributed by atoms with E-state index in [4.69, 9.17) is 10.8 Å². The summed E-state index contributed by atoms with van der Waals surface area (Å²) in [6.07, 6.45) is 1.49. The molecule has 1 amide bonds. The van der Waals surface area contributed by atoms with Crippen molar-refractivity contribution in [3.63, 3.8) is 0 Å². The van der Waals surface area contributed by atoms with Gasteiger partial charge in [-0.15, -0.1) is 0 Å². The van der Waals surface area contributed by atoms with Crippen molar-refractivity contribution in [2.24, 2.45) is 0 Å². The second kappa shape index (κ2) is 6.12. The largest absolute Gasteiger partial charge is 0.398 e. The average Bonchev–Trinajstić information content (AvgIpc) is 2.28. The van der Waals surface area contributed by atoms with Gasteiger partial charge in [0.05, 0.1) is 0 Å². The number of unbranched alkanes of at least 4 members (excludes halogenated alkanes) is 1. The molecule has 4 nitrogen and oxygen atoms in total. The molecule has 0 saturated heterocycles. The van der Waals surface area contributed by atoms with Gasteiger partial charge >= 0.3 is 0 Å². The van der Waals surface area contributed by atoms with Gasteiger partial charge in [-0.05, 0) is 37.5 Å². The summed E-state index contributed by atoms with van der Waals surface area (Å²) in [7, 11) is 0. The minimum atomic E-state index is -0.121. The summed E-state index contributed by atoms with van der Waals surface area (Å²) in [6, 6.07) is 5.27. The molecule has 0 unspecified atom stereocenters. The van der Waals surface area contributed by atoms with E-state index in [1.165, 1.54) is 0 Å². The van der Waals surface area contributed by atoms with E-state index in [2.05, 4.69) is 5.32 Å². The van der Waals surface area contributed by atoms with Crippen molar-refractivity contribution in [2.75, 3.05) is 18.9 Å². The van der Waals surface area contributed by atoms with Crippen LogP contribution in [0.3, 0.4) is 0 Å². The number of nitrogens with two attached hydrogens (primary N) is 1. The van der Waals surface area contributed by atoms with Gasteiger partial charge in [0.15, 0.2) is 0 Å². The molecule has 0 atom stereocenters. The topological polar surface area (TPSA) is 75.3 Å². The third-order valence-corrected chi connectivity index (χ3v) is 2.41. The van der Waals surface area contributed by atoms with Gasteiger partial charge in [-0.1, -0.05) is 6.07 Å². The second-order valence-corrected chi connectivity index (χ2v) is 3.76. The normalized spacial score (nSPS) is 10.1. The van der Waals surface area contributed by atoms with Crippen LogP contribution in [0.5, 0.6) is 0 Å². The number of aliphatic hydroxyl groups is 1. The van der Waals surface area contributed by atoms with Crippen LogP contribution in [-0.4, -0.2) is 24.2 Å². The van der Waals surface area contributed by atoms with E-state index in [9.17, 15) is 4.79 Å². The number of amides is 1. The lowest BCUT2D eigenvalue weighted by Gasteiger charge is -2.06. The number of rotatable bonds is 5. The van der Waals surface area contributed by atoms with Crippen molar-refractivity contribution in [1.29, 1.82) is 0 Å². The summed E-state index contributed by atoms with van der Waals surface area (Å²) in [5.74, 6) is -0.121. The minimum Gasteiger partial charge on any atom is -0.398 e. The van der Waals surface area contributed by atoms with Gasteiger partial charge in [0, 0.05) is 24.4 Å². The van der Waals surface area contributed by atoms with Crippen LogP contribution in [0.25, 0.3) is 0 Å². The Bertz CT molecular complexity index is 364. The molecule has 0 aliphatic rings. The Labute approximate surface area is 95.5 Å². The maximum Gasteiger partial charge on any atom is 0.251 e. The van der Waals surface area contributed by atoms with Crippen LogP contribution >= 0.6 is 0 Å². The number of hydrogen-bond donors (Lipinski definition) is 3. The van der Waals surface area contributed by atoms with Crippen molar-refractivity contribution < 1.29 is 9.90 Å². The first kappa shape index (κ1) is 12.5. The molecule has 0 aliphatic heterocycles. The zero-order valence-electron chi connectivity index (χ0n) is 9.49. The molecule has 0 radical (unpaired) electrons. The lowest BCUT2D eigenvalue weighted by molar-refractivity contribution is 0.0952. The fraction of sp³-hybridized carbons (Fsp3) is 0.417. The molecular weight excluding hydrogens is 204 g/mol. The minimum absolute atomic E-state index is 0.121. The number of carbonyl (C=O) groups excluding carboxylic acids is 1. The van der Waals surface area contributed by atoms with Crippen LogP contribution in [0.1, 0.15) is 28.8 Å². The third-order valence-electron chi connectivity index (χ3n) is 2.41. The van der Waals surface area contributed by atoms with Gasteiger partial charge in [0.1, 0.15) is 0 Å². The first-order valence-corrected chi connectivity index (χ1v) is 5.40. The Kier molecular flexibility index (Phi) is 4.79. The van der Waals surface area contributed by atoms with E-state index in [1.807, 2.05) is 13.0 Å². The van der Waals surface area contributed by atoms with Crippen LogP contribution in [-0.2, 0) is 0 Å². The Morgan fingerprint density at radius 2 is 2.19 bits per heavy atom. The maximum atomic E-state index is 11.6. The van der Waals surface area contributed by atoms with Gasteiger partial charge in [0.25, 0.3) is 5.91 Å². The third kappa shape index (κ3) is 3.55. The molecule has 0 aromatic heterocycles. The summed E-state index contributed by atoms with van der Waals surface area (Å²) in [6.45, 7) is 2.64. The summed E-state index contributed by atoms with van der Waals surface area (Å²) in [4.78, 5) is 11.6. The summed E-state index contributed by atoms with van der Waals surface area (Å²) >= 11 is 0. The molecule has 16 heavy (non-hydrogen) atoms. The van der Waals surface area contributed by atoms with Crippen LogP contribution < -0.4 is 11.1 Å². The zero-order valence-corrected chi connectivity index (χ0v) is 9.49. The zero-order chi connectivity index (χ0) is 12.0. The average molecular weight is 222 g/mol. The van der Waals surface area contributed by atoms with E-state index in [0.29, 0.717) is 24.2 Å². The van der Waals surface area contributed by atoms with Gasteiger partial charge in [0.2, 0.25) is 0 Å². The van der Waals surface area contributed by atoms with Gasteiger partial charge in [-0.25, -0.2) is 0 Å². The van der Waals surface area contributed by atoms with Crippen LogP contribution in [0.4, 0.5) is 5.69 Å². The summed E-state index contributed by atoms with van der Waals surface area (Å²) < 4.78 is 0. The molecule has 0 bridgehead atoms. The van der Waals surface area contributed by atoms with E-state index < -0.39 is 0 Å². The standard InChI is InChI=1S/C12H18N2O2/c1-9-4-5-10(8-11(9)13)12(16)14-6-2-3-7-15/h4-5,8,15H,2-3,6-7,13H2,1H3,(H,14,16). The molecule has 88 valence electrons. The number of benzene rings is 1. The highest BCUT2D eigenvalue weighted by atomic mass is 16.2. The highest BCUT2D eigenvalue weighted by molar-refractivity contribution is 5.95. The molecule has 4 heteroatoms. The number of nitrogens with one attached hydrogen (secondary N) is 1. The van der Waals surface area contributed by atoms with Gasteiger partial charge in [-0.3, -0.25) is 4.79 Å². The van der Waals surface area contributed by atoms with Crippen LogP contribution in [0.2, 0.25) is 0 Å². The van der Waals surface area contributed by atoms with Crippen molar-refractivity contribution in [1.82, 2.24) is 5.32 Å². The summed E-state index contributed by atoms with van der Waals surface area (Å²) in [5, 5.41) is 11.4. The number of aryl methyl sites for hydroxylation is 1. The predicted octanol–water partition coefficient (Wildman–Crippen LogP) is 1.08. The molecule has 1 aromatic rings. The smallest absolute Gasteiger partial charge is 0.251 e. The number of anilines is 1. The van der Waals surface area contributed by atoms with Crippen LogP contribution in [0, 0.1) is 6.92 Å². The molecule has 0 aliphatic carbocycles. The number of carbonyl (C=O) groups is 1. The quantitative estimate of drug-likeness (QED) is 0.515. The Hall–Kier alpha value is -1.55. The predicted molar refractivity (Wildman–Crippen MR) is 64.2 cm³/mol. The molecule has 1 rings (SSSR count). The molecule has 1 aromatic carbocycles. The highest BCUT2D eigenvalue weighted by Crippen LogP contribution is 2.12. The molecule has 4 N–H and O–H groups in total. The summed E-state index contributed by atoms with van der Waals surface area (Å²) in [5.41, 5.74) is 7.89. The van der Waals surface area contributed by atoms with E-state index >= 15 is 0 Å². The highest BCUT2D eigenvalue weighted by Gasteiger charge is 2.05. The number of hydrogen-bond acceptors (Lipinski definition) is 3. The first-order valence-electron chi connectivity index (χ1n) is 5.40. The fourth-order valence-corrected chi connectivity index (χ4v) is 1.32. The van der Waals surface area contributed by atoms with Crippen molar-refractivity contribution in [3.8, 4) is 0 Å². The van der Waals surface area contributed by atoms with Crippen LogP contribution in [0.15, 0.2) is 18.2 Å². The Morgan fingerprint density at radius 1 is 1.44 bits per heavy atom. The van der Waals surface area contributed by atoms with Crippen molar-refractivity contribution in [3.05, 3.63) is 29.3 Å². The lowest BCUT2D eigenvalue weighted by atomic mass is 10.1. The van der Waals surface area contributed by atoms with Crippen molar-refractivity contribution in [2.45, 2.75) is 19.8 Å². The van der Waals surface area contributed by atoms with Gasteiger partial charge in [-0.2, -0.15) is 0 Å². The molecule has 0 saturated carbocycles. The SMILES string of the molecule is Cc1ccc(C(=O)NCCCCO)cc1N. The lowest BCUT2D eigenvalue weighted by Crippen LogP contribution is -2.24. The first-order chi connectivity index (χ1) is 7.65. The Morgan fingerprint density at radius 3 is 2.81 bits per heavy atom.